The number of rotatable bonds is 4. The topological polar surface area (TPSA) is 71.4 Å². The zero-order chi connectivity index (χ0) is 17.3. The SMILES string of the molecule is Cn1cc(C(=O)N2CCC[C@H](CNS(C)(=O)=O)C2)c2ccccc21. The molecule has 0 unspecified atom stereocenters. The molecule has 0 aliphatic carbocycles. The van der Waals surface area contributed by atoms with E-state index in [1.165, 1.54) is 0 Å². The van der Waals surface area contributed by atoms with E-state index in [1.807, 2.05) is 47.0 Å². The van der Waals surface area contributed by atoms with Gasteiger partial charge in [0.05, 0.1) is 11.8 Å². The van der Waals surface area contributed by atoms with Crippen molar-refractivity contribution >= 4 is 26.8 Å². The van der Waals surface area contributed by atoms with E-state index in [2.05, 4.69) is 4.72 Å². The van der Waals surface area contributed by atoms with Gasteiger partial charge < -0.3 is 9.47 Å². The van der Waals surface area contributed by atoms with Crippen LogP contribution in [0.2, 0.25) is 0 Å². The molecule has 3 rings (SSSR count). The van der Waals surface area contributed by atoms with Crippen molar-refractivity contribution in [3.8, 4) is 0 Å². The second kappa shape index (κ2) is 6.57. The van der Waals surface area contributed by atoms with Crippen molar-refractivity contribution in [2.24, 2.45) is 13.0 Å². The van der Waals surface area contributed by atoms with Crippen LogP contribution in [0.5, 0.6) is 0 Å². The highest BCUT2D eigenvalue weighted by Crippen LogP contribution is 2.24. The maximum atomic E-state index is 12.9. The molecule has 0 saturated carbocycles. The third kappa shape index (κ3) is 3.62. The number of piperidine rings is 1. The molecule has 6 nitrogen and oxygen atoms in total. The molecule has 1 aliphatic rings. The summed E-state index contributed by atoms with van der Waals surface area (Å²) in [6, 6.07) is 7.87. The van der Waals surface area contributed by atoms with Gasteiger partial charge in [-0.2, -0.15) is 0 Å². The smallest absolute Gasteiger partial charge is 0.256 e. The maximum absolute atomic E-state index is 12.9. The molecule has 0 spiro atoms. The number of para-hydroxylation sites is 1. The normalized spacial score (nSPS) is 18.9. The van der Waals surface area contributed by atoms with Crippen LogP contribution in [0.25, 0.3) is 10.9 Å². The predicted octanol–water partition coefficient (Wildman–Crippen LogP) is 1.58. The van der Waals surface area contributed by atoms with E-state index in [9.17, 15) is 13.2 Å². The fraction of sp³-hybridized carbons (Fsp3) is 0.471. The van der Waals surface area contributed by atoms with Crippen LogP contribution in [0.4, 0.5) is 0 Å². The molecule has 2 heterocycles. The Morgan fingerprint density at radius 2 is 2.08 bits per heavy atom. The molecule has 7 heteroatoms. The van der Waals surface area contributed by atoms with Crippen molar-refractivity contribution in [1.82, 2.24) is 14.2 Å². The van der Waals surface area contributed by atoms with Crippen LogP contribution in [-0.4, -0.2) is 49.7 Å². The van der Waals surface area contributed by atoms with Crippen molar-refractivity contribution in [3.05, 3.63) is 36.0 Å². The highest BCUT2D eigenvalue weighted by molar-refractivity contribution is 7.88. The molecule has 1 atom stereocenters. The first-order valence-electron chi connectivity index (χ1n) is 8.13. The van der Waals surface area contributed by atoms with Crippen molar-refractivity contribution in [2.75, 3.05) is 25.9 Å². The molecule has 130 valence electrons. The monoisotopic (exact) mass is 349 g/mol. The molecule has 24 heavy (non-hydrogen) atoms. The van der Waals surface area contributed by atoms with Gasteiger partial charge in [0.25, 0.3) is 5.91 Å². The lowest BCUT2D eigenvalue weighted by Crippen LogP contribution is -2.43. The minimum Gasteiger partial charge on any atom is -0.350 e. The van der Waals surface area contributed by atoms with Crippen molar-refractivity contribution < 1.29 is 13.2 Å². The van der Waals surface area contributed by atoms with Gasteiger partial charge in [-0.15, -0.1) is 0 Å². The third-order valence-corrected chi connectivity index (χ3v) is 5.26. The number of aryl methyl sites for hydroxylation is 1. The fourth-order valence-corrected chi connectivity index (χ4v) is 3.91. The minimum absolute atomic E-state index is 0.0239. The number of sulfonamides is 1. The minimum atomic E-state index is -3.20. The highest BCUT2D eigenvalue weighted by atomic mass is 32.2. The van der Waals surface area contributed by atoms with Gasteiger partial charge >= 0.3 is 0 Å². The third-order valence-electron chi connectivity index (χ3n) is 4.57. The van der Waals surface area contributed by atoms with E-state index in [0.29, 0.717) is 18.7 Å². The predicted molar refractivity (Wildman–Crippen MR) is 94.4 cm³/mol. The summed E-state index contributed by atoms with van der Waals surface area (Å²) in [7, 11) is -1.26. The molecule has 1 aromatic carbocycles. The van der Waals surface area contributed by atoms with Crippen LogP contribution in [0, 0.1) is 5.92 Å². The van der Waals surface area contributed by atoms with E-state index in [-0.39, 0.29) is 11.8 Å². The lowest BCUT2D eigenvalue weighted by Gasteiger charge is -2.32. The number of aromatic nitrogens is 1. The second-order valence-corrected chi connectivity index (χ2v) is 8.38. The molecule has 1 N–H and O–H groups in total. The van der Waals surface area contributed by atoms with Crippen molar-refractivity contribution in [2.45, 2.75) is 12.8 Å². The number of carbonyl (C=O) groups is 1. The molecular weight excluding hydrogens is 326 g/mol. The van der Waals surface area contributed by atoms with Crippen LogP contribution in [0.1, 0.15) is 23.2 Å². The van der Waals surface area contributed by atoms with E-state index in [1.54, 1.807) is 0 Å². The van der Waals surface area contributed by atoms with Gasteiger partial charge in [0.15, 0.2) is 0 Å². The summed E-state index contributed by atoms with van der Waals surface area (Å²) in [4.78, 5) is 14.8. The summed E-state index contributed by atoms with van der Waals surface area (Å²) in [5, 5.41) is 0.960. The Balaban J connectivity index is 1.76. The van der Waals surface area contributed by atoms with Crippen LogP contribution in [0.3, 0.4) is 0 Å². The average Bonchev–Trinajstić information content (AvgIpc) is 2.89. The Bertz CT molecular complexity index is 857. The van der Waals surface area contributed by atoms with Gasteiger partial charge in [-0.05, 0) is 24.8 Å². The van der Waals surface area contributed by atoms with Crippen LogP contribution < -0.4 is 4.72 Å². The fourth-order valence-electron chi connectivity index (χ4n) is 3.37. The molecule has 2 aromatic rings. The molecule has 1 amide bonds. The number of carbonyl (C=O) groups excluding carboxylic acids is 1. The second-order valence-electron chi connectivity index (χ2n) is 6.55. The number of nitrogens with one attached hydrogen (secondary N) is 1. The van der Waals surface area contributed by atoms with E-state index in [4.69, 9.17) is 0 Å². The number of likely N-dealkylation sites (tertiary alicyclic amines) is 1. The lowest BCUT2D eigenvalue weighted by atomic mass is 9.97. The van der Waals surface area contributed by atoms with Crippen molar-refractivity contribution in [3.63, 3.8) is 0 Å². The maximum Gasteiger partial charge on any atom is 0.256 e. The summed E-state index contributed by atoms with van der Waals surface area (Å²) >= 11 is 0. The molecule has 0 bridgehead atoms. The van der Waals surface area contributed by atoms with Crippen molar-refractivity contribution in [1.29, 1.82) is 0 Å². The summed E-state index contributed by atoms with van der Waals surface area (Å²) < 4.78 is 27.1. The van der Waals surface area contributed by atoms with E-state index >= 15 is 0 Å². The number of hydrogen-bond acceptors (Lipinski definition) is 3. The van der Waals surface area contributed by atoms with E-state index in [0.717, 1.165) is 36.5 Å². The van der Waals surface area contributed by atoms with Crippen LogP contribution in [0.15, 0.2) is 30.5 Å². The molecule has 0 radical (unpaired) electrons. The number of benzene rings is 1. The quantitative estimate of drug-likeness (QED) is 0.911. The standard InChI is InChI=1S/C17H23N3O3S/c1-19-12-15(14-7-3-4-8-16(14)19)17(21)20-9-5-6-13(11-20)10-18-24(2,22)23/h3-4,7-8,12-13,18H,5-6,9-11H2,1-2H3/t13-/m1/s1. The Morgan fingerprint density at radius 3 is 2.83 bits per heavy atom. The zero-order valence-electron chi connectivity index (χ0n) is 14.0. The first-order chi connectivity index (χ1) is 11.3. The zero-order valence-corrected chi connectivity index (χ0v) is 14.8. The molecule has 1 aliphatic heterocycles. The Kier molecular flexibility index (Phi) is 4.64. The molecule has 1 aromatic heterocycles. The number of hydrogen-bond donors (Lipinski definition) is 1. The summed E-state index contributed by atoms with van der Waals surface area (Å²) in [5.74, 6) is 0.184. The van der Waals surface area contributed by atoms with Gasteiger partial charge in [0.2, 0.25) is 10.0 Å². The molecule has 1 fully saturated rings. The lowest BCUT2D eigenvalue weighted by molar-refractivity contribution is 0.0678. The first kappa shape index (κ1) is 17.0. The van der Waals surface area contributed by atoms with Gasteiger partial charge in [0, 0.05) is 43.8 Å². The largest absolute Gasteiger partial charge is 0.350 e. The average molecular weight is 349 g/mol. The van der Waals surface area contributed by atoms with Gasteiger partial charge in [-0.1, -0.05) is 18.2 Å². The number of fused-ring (bicyclic) bond motifs is 1. The summed E-state index contributed by atoms with van der Waals surface area (Å²) in [6.07, 6.45) is 4.87. The Morgan fingerprint density at radius 1 is 1.33 bits per heavy atom. The Labute approximate surface area is 142 Å². The van der Waals surface area contributed by atoms with Crippen LogP contribution in [-0.2, 0) is 17.1 Å². The van der Waals surface area contributed by atoms with Crippen LogP contribution >= 0.6 is 0 Å². The Hall–Kier alpha value is -1.86. The molecule has 1 saturated heterocycles. The number of nitrogens with zero attached hydrogens (tertiary/aromatic N) is 2. The summed E-state index contributed by atoms with van der Waals surface area (Å²) in [6.45, 7) is 1.69. The first-order valence-corrected chi connectivity index (χ1v) is 10.0. The van der Waals surface area contributed by atoms with Gasteiger partial charge in [-0.25, -0.2) is 13.1 Å². The summed E-state index contributed by atoms with van der Waals surface area (Å²) in [5.41, 5.74) is 1.75. The highest BCUT2D eigenvalue weighted by Gasteiger charge is 2.26. The van der Waals surface area contributed by atoms with E-state index < -0.39 is 10.0 Å². The molecular formula is C17H23N3O3S. The van der Waals surface area contributed by atoms with Gasteiger partial charge in [-0.3, -0.25) is 4.79 Å². The number of amides is 1. The van der Waals surface area contributed by atoms with Gasteiger partial charge in [0.1, 0.15) is 0 Å².